The number of carbonyl (C=O) groups excluding carboxylic acids is 1. The van der Waals surface area contributed by atoms with E-state index >= 15 is 0 Å². The van der Waals surface area contributed by atoms with Gasteiger partial charge in [-0.15, -0.1) is 4.80 Å². The van der Waals surface area contributed by atoms with E-state index in [0.29, 0.717) is 39.7 Å². The predicted octanol–water partition coefficient (Wildman–Crippen LogP) is 2.56. The predicted molar refractivity (Wildman–Crippen MR) is 123 cm³/mol. The number of amides is 1. The Morgan fingerprint density at radius 3 is 2.58 bits per heavy atom. The molecule has 33 heavy (non-hydrogen) atoms. The van der Waals surface area contributed by atoms with E-state index in [4.69, 9.17) is 4.74 Å². The van der Waals surface area contributed by atoms with Crippen LogP contribution in [0.15, 0.2) is 29.1 Å². The summed E-state index contributed by atoms with van der Waals surface area (Å²) in [6.07, 6.45) is 1.76. The Morgan fingerprint density at radius 1 is 1.18 bits per heavy atom. The summed E-state index contributed by atoms with van der Waals surface area (Å²) in [5, 5.41) is 18.4. The second kappa shape index (κ2) is 7.76. The van der Waals surface area contributed by atoms with E-state index in [0.717, 1.165) is 24.2 Å². The van der Waals surface area contributed by atoms with Gasteiger partial charge in [-0.1, -0.05) is 6.07 Å². The second-order valence-corrected chi connectivity index (χ2v) is 8.16. The number of pyridine rings is 1. The van der Waals surface area contributed by atoms with Crippen molar-refractivity contribution in [2.75, 3.05) is 17.7 Å². The van der Waals surface area contributed by atoms with Gasteiger partial charge >= 0.3 is 0 Å². The number of para-hydroxylation sites is 1. The molecular weight excluding hydrogens is 424 g/mol. The van der Waals surface area contributed by atoms with Gasteiger partial charge in [0.2, 0.25) is 5.91 Å². The second-order valence-electron chi connectivity index (χ2n) is 8.16. The van der Waals surface area contributed by atoms with Crippen molar-refractivity contribution in [3.8, 4) is 11.4 Å². The van der Waals surface area contributed by atoms with E-state index in [1.165, 1.54) is 9.48 Å². The highest BCUT2D eigenvalue weighted by molar-refractivity contribution is 5.98. The molecule has 0 unspecified atom stereocenters. The zero-order valence-corrected chi connectivity index (χ0v) is 18.8. The van der Waals surface area contributed by atoms with Crippen molar-refractivity contribution in [3.05, 3.63) is 46.0 Å². The summed E-state index contributed by atoms with van der Waals surface area (Å²) in [7, 11) is 3.18. The number of carbonyl (C=O) groups is 1. The highest BCUT2D eigenvalue weighted by Crippen LogP contribution is 2.36. The van der Waals surface area contributed by atoms with Gasteiger partial charge in [-0.3, -0.25) is 19.4 Å². The lowest BCUT2D eigenvalue weighted by atomic mass is 10.2. The Kier molecular flexibility index (Phi) is 4.88. The number of nitrogens with one attached hydrogen (secondary N) is 3. The normalized spacial score (nSPS) is 13.3. The van der Waals surface area contributed by atoms with Crippen LogP contribution in [0.25, 0.3) is 16.7 Å². The SMILES string of the molecule is COc1c(Nc2cc(NC(=O)C3CC3)nc3[nH]n(C)c(=O)c23)cccc1-n1nc(C)c(C)n1. The molecule has 0 saturated heterocycles. The summed E-state index contributed by atoms with van der Waals surface area (Å²) in [5.41, 5.74) is 3.51. The molecule has 0 bridgehead atoms. The van der Waals surface area contributed by atoms with Gasteiger partial charge in [0.25, 0.3) is 5.56 Å². The van der Waals surface area contributed by atoms with Crippen molar-refractivity contribution in [2.45, 2.75) is 26.7 Å². The molecule has 3 N–H and O–H groups in total. The van der Waals surface area contributed by atoms with E-state index in [9.17, 15) is 9.59 Å². The molecule has 4 aromatic rings. The average Bonchev–Trinajstić information content (AvgIpc) is 3.53. The van der Waals surface area contributed by atoms with Crippen molar-refractivity contribution < 1.29 is 9.53 Å². The molecule has 5 rings (SSSR count). The van der Waals surface area contributed by atoms with Crippen LogP contribution in [0.3, 0.4) is 0 Å². The number of aryl methyl sites for hydroxylation is 3. The molecule has 1 aliphatic rings. The zero-order chi connectivity index (χ0) is 23.3. The maximum Gasteiger partial charge on any atom is 0.277 e. The van der Waals surface area contributed by atoms with E-state index in [1.54, 1.807) is 20.2 Å². The van der Waals surface area contributed by atoms with Crippen LogP contribution < -0.4 is 20.9 Å². The number of H-pyrrole nitrogens is 1. The van der Waals surface area contributed by atoms with Crippen molar-refractivity contribution in [1.29, 1.82) is 0 Å². The van der Waals surface area contributed by atoms with Crippen LogP contribution in [0, 0.1) is 19.8 Å². The Balaban J connectivity index is 1.60. The summed E-state index contributed by atoms with van der Waals surface area (Å²) in [5.74, 6) is 0.826. The summed E-state index contributed by atoms with van der Waals surface area (Å²) in [6, 6.07) is 7.18. The van der Waals surface area contributed by atoms with E-state index < -0.39 is 0 Å². The number of benzene rings is 1. The molecule has 1 fully saturated rings. The third-order valence-corrected chi connectivity index (χ3v) is 5.71. The molecule has 3 aromatic heterocycles. The fraction of sp³-hybridized carbons (Fsp3) is 0.318. The van der Waals surface area contributed by atoms with Crippen LogP contribution in [0.4, 0.5) is 17.2 Å². The number of aromatic nitrogens is 6. The highest BCUT2D eigenvalue weighted by Gasteiger charge is 2.30. The number of hydrogen-bond donors (Lipinski definition) is 3. The smallest absolute Gasteiger partial charge is 0.277 e. The first kappa shape index (κ1) is 20.7. The van der Waals surface area contributed by atoms with Gasteiger partial charge in [0.05, 0.1) is 29.9 Å². The van der Waals surface area contributed by atoms with Crippen molar-refractivity contribution in [1.82, 2.24) is 29.8 Å². The van der Waals surface area contributed by atoms with Crippen LogP contribution in [-0.4, -0.2) is 42.8 Å². The van der Waals surface area contributed by atoms with E-state index in [1.807, 2.05) is 32.0 Å². The lowest BCUT2D eigenvalue weighted by Gasteiger charge is -2.15. The Morgan fingerprint density at radius 2 is 1.91 bits per heavy atom. The third kappa shape index (κ3) is 3.71. The summed E-state index contributed by atoms with van der Waals surface area (Å²) >= 11 is 0. The molecule has 1 amide bonds. The number of hydrogen-bond acceptors (Lipinski definition) is 7. The fourth-order valence-electron chi connectivity index (χ4n) is 3.66. The van der Waals surface area contributed by atoms with Gasteiger partial charge in [-0.05, 0) is 38.8 Å². The Bertz CT molecular complexity index is 1420. The van der Waals surface area contributed by atoms with Crippen LogP contribution in [0.5, 0.6) is 5.75 Å². The van der Waals surface area contributed by atoms with Crippen molar-refractivity contribution in [2.24, 2.45) is 13.0 Å². The molecule has 0 atom stereocenters. The molecule has 0 aliphatic heterocycles. The minimum Gasteiger partial charge on any atom is -0.492 e. The minimum absolute atomic E-state index is 0.0268. The molecule has 3 heterocycles. The number of anilines is 3. The van der Waals surface area contributed by atoms with E-state index in [-0.39, 0.29) is 17.4 Å². The lowest BCUT2D eigenvalue weighted by molar-refractivity contribution is -0.117. The topological polar surface area (TPSA) is 132 Å². The first-order valence-corrected chi connectivity index (χ1v) is 10.6. The number of ether oxygens (including phenoxy) is 1. The average molecular weight is 448 g/mol. The molecule has 1 saturated carbocycles. The van der Waals surface area contributed by atoms with Gasteiger partial charge in [0, 0.05) is 19.0 Å². The van der Waals surface area contributed by atoms with Crippen LogP contribution in [-0.2, 0) is 11.8 Å². The third-order valence-electron chi connectivity index (χ3n) is 5.71. The molecule has 1 aromatic carbocycles. The summed E-state index contributed by atoms with van der Waals surface area (Å²) < 4.78 is 7.04. The van der Waals surface area contributed by atoms with Crippen LogP contribution in [0.2, 0.25) is 0 Å². The number of aromatic amines is 1. The monoisotopic (exact) mass is 448 g/mol. The maximum absolute atomic E-state index is 12.8. The van der Waals surface area contributed by atoms with Gasteiger partial charge < -0.3 is 15.4 Å². The van der Waals surface area contributed by atoms with Gasteiger partial charge in [0.15, 0.2) is 11.4 Å². The zero-order valence-electron chi connectivity index (χ0n) is 18.8. The van der Waals surface area contributed by atoms with Gasteiger partial charge in [0.1, 0.15) is 16.9 Å². The van der Waals surface area contributed by atoms with E-state index in [2.05, 4.69) is 30.9 Å². The van der Waals surface area contributed by atoms with Crippen LogP contribution >= 0.6 is 0 Å². The quantitative estimate of drug-likeness (QED) is 0.413. The molecule has 0 spiro atoms. The fourth-order valence-corrected chi connectivity index (χ4v) is 3.66. The molecule has 11 heteroatoms. The van der Waals surface area contributed by atoms with Crippen LogP contribution in [0.1, 0.15) is 24.2 Å². The summed E-state index contributed by atoms with van der Waals surface area (Å²) in [4.78, 5) is 31.0. The number of methoxy groups -OCH3 is 1. The Labute approximate surface area is 188 Å². The number of nitrogens with zero attached hydrogens (tertiary/aromatic N) is 5. The first-order valence-electron chi connectivity index (χ1n) is 10.6. The maximum atomic E-state index is 12.8. The first-order chi connectivity index (χ1) is 15.9. The number of rotatable bonds is 6. The van der Waals surface area contributed by atoms with Crippen molar-refractivity contribution in [3.63, 3.8) is 0 Å². The van der Waals surface area contributed by atoms with Crippen molar-refractivity contribution >= 4 is 34.1 Å². The largest absolute Gasteiger partial charge is 0.492 e. The molecule has 0 radical (unpaired) electrons. The highest BCUT2D eigenvalue weighted by atomic mass is 16.5. The lowest BCUT2D eigenvalue weighted by Crippen LogP contribution is -2.15. The molecule has 11 nitrogen and oxygen atoms in total. The van der Waals surface area contributed by atoms with Gasteiger partial charge in [-0.25, -0.2) is 4.98 Å². The minimum atomic E-state index is -0.241. The van der Waals surface area contributed by atoms with Gasteiger partial charge in [-0.2, -0.15) is 10.2 Å². The molecule has 170 valence electrons. The Hall–Kier alpha value is -4.15. The number of fused-ring (bicyclic) bond motifs is 1. The molecular formula is C22H24N8O3. The standard InChI is InChI=1S/C22H24N8O3/c1-11-12(2)27-30(26-11)16-7-5-6-14(19(16)33-4)23-15-10-17(25-21(31)13-8-9-13)24-20-18(15)22(32)29(3)28-20/h5-7,10,13H,8-9H2,1-4H3,(H3,23,24,25,28,31). The summed E-state index contributed by atoms with van der Waals surface area (Å²) in [6.45, 7) is 3.78. The molecule has 1 aliphatic carbocycles.